The van der Waals surface area contributed by atoms with E-state index in [4.69, 9.17) is 10.00 Å². The quantitative estimate of drug-likeness (QED) is 0.917. The van der Waals surface area contributed by atoms with Gasteiger partial charge in [-0.1, -0.05) is 25.0 Å². The summed E-state index contributed by atoms with van der Waals surface area (Å²) in [5.41, 5.74) is 2.15. The van der Waals surface area contributed by atoms with Crippen molar-refractivity contribution in [2.75, 3.05) is 6.61 Å². The van der Waals surface area contributed by atoms with Gasteiger partial charge in [0, 0.05) is 19.2 Å². The van der Waals surface area contributed by atoms with E-state index in [1.54, 1.807) is 0 Å². The molecule has 1 aliphatic heterocycles. The molecule has 20 heavy (non-hydrogen) atoms. The lowest BCUT2D eigenvalue weighted by molar-refractivity contribution is -0.0837. The molecule has 1 atom stereocenters. The monoisotopic (exact) mass is 270 g/mol. The van der Waals surface area contributed by atoms with E-state index in [1.165, 1.54) is 31.2 Å². The maximum atomic E-state index is 8.80. The molecule has 3 nitrogen and oxygen atoms in total. The third kappa shape index (κ3) is 3.03. The largest absolute Gasteiger partial charge is 0.375 e. The maximum Gasteiger partial charge on any atom is 0.0991 e. The van der Waals surface area contributed by atoms with Gasteiger partial charge in [0.15, 0.2) is 0 Å². The van der Waals surface area contributed by atoms with Gasteiger partial charge in [-0.2, -0.15) is 5.26 Å². The standard InChI is InChI=1S/C17H22N2O/c18-12-14-3-5-15(6-4-14)13-19-16-7-10-20-17(11-16)8-1-2-9-17/h3-6,16,19H,1-2,7-11,13H2. The Kier molecular flexibility index (Phi) is 4.05. The highest BCUT2D eigenvalue weighted by atomic mass is 16.5. The predicted octanol–water partition coefficient (Wildman–Crippen LogP) is 3.14. The highest BCUT2D eigenvalue weighted by molar-refractivity contribution is 5.31. The molecule has 1 saturated carbocycles. The summed E-state index contributed by atoms with van der Waals surface area (Å²) in [4.78, 5) is 0. The molecule has 2 fully saturated rings. The molecule has 1 aromatic rings. The minimum atomic E-state index is 0.181. The second-order valence-corrected chi connectivity index (χ2v) is 6.12. The van der Waals surface area contributed by atoms with E-state index in [0.29, 0.717) is 6.04 Å². The van der Waals surface area contributed by atoms with Crippen LogP contribution in [0.1, 0.15) is 49.7 Å². The molecule has 1 heterocycles. The van der Waals surface area contributed by atoms with Crippen molar-refractivity contribution in [3.63, 3.8) is 0 Å². The molecule has 0 bridgehead atoms. The van der Waals surface area contributed by atoms with E-state index in [0.717, 1.165) is 31.6 Å². The number of ether oxygens (including phenoxy) is 1. The molecule has 3 rings (SSSR count). The minimum absolute atomic E-state index is 0.181. The Balaban J connectivity index is 1.53. The van der Waals surface area contributed by atoms with Crippen molar-refractivity contribution in [1.82, 2.24) is 5.32 Å². The number of hydrogen-bond donors (Lipinski definition) is 1. The Morgan fingerprint density at radius 1 is 1.25 bits per heavy atom. The van der Waals surface area contributed by atoms with Crippen LogP contribution in [0.5, 0.6) is 0 Å². The van der Waals surface area contributed by atoms with Crippen LogP contribution in [0.4, 0.5) is 0 Å². The molecule has 1 spiro atoms. The molecule has 106 valence electrons. The first-order valence-corrected chi connectivity index (χ1v) is 7.66. The number of nitriles is 1. The van der Waals surface area contributed by atoms with E-state index in [-0.39, 0.29) is 5.60 Å². The summed E-state index contributed by atoms with van der Waals surface area (Å²) in [5, 5.41) is 12.5. The van der Waals surface area contributed by atoms with E-state index in [9.17, 15) is 0 Å². The molecule has 0 amide bonds. The molecule has 3 heteroatoms. The van der Waals surface area contributed by atoms with Crippen molar-refractivity contribution in [3.05, 3.63) is 35.4 Å². The second kappa shape index (κ2) is 5.95. The van der Waals surface area contributed by atoms with Gasteiger partial charge in [-0.3, -0.25) is 0 Å². The Bertz CT molecular complexity index is 483. The molecule has 2 aliphatic rings. The molecule has 1 unspecified atom stereocenters. The van der Waals surface area contributed by atoms with Crippen LogP contribution >= 0.6 is 0 Å². The number of hydrogen-bond acceptors (Lipinski definition) is 3. The Morgan fingerprint density at radius 2 is 2.00 bits per heavy atom. The second-order valence-electron chi connectivity index (χ2n) is 6.12. The van der Waals surface area contributed by atoms with Crippen molar-refractivity contribution >= 4 is 0 Å². The van der Waals surface area contributed by atoms with E-state index in [1.807, 2.05) is 24.3 Å². The lowest BCUT2D eigenvalue weighted by atomic mass is 9.89. The van der Waals surface area contributed by atoms with Gasteiger partial charge in [-0.15, -0.1) is 0 Å². The van der Waals surface area contributed by atoms with Gasteiger partial charge in [-0.25, -0.2) is 0 Å². The van der Waals surface area contributed by atoms with Crippen LogP contribution in [0.3, 0.4) is 0 Å². The fourth-order valence-electron chi connectivity index (χ4n) is 3.53. The van der Waals surface area contributed by atoms with Crippen LogP contribution in [0.15, 0.2) is 24.3 Å². The third-order valence-electron chi connectivity index (χ3n) is 4.69. The molecule has 1 N–H and O–H groups in total. The predicted molar refractivity (Wildman–Crippen MR) is 78.2 cm³/mol. The Morgan fingerprint density at radius 3 is 2.70 bits per heavy atom. The normalized spacial score (nSPS) is 24.6. The first-order valence-electron chi connectivity index (χ1n) is 7.66. The fraction of sp³-hybridized carbons (Fsp3) is 0.588. The number of nitrogens with zero attached hydrogens (tertiary/aromatic N) is 1. The summed E-state index contributed by atoms with van der Waals surface area (Å²) >= 11 is 0. The maximum absolute atomic E-state index is 8.80. The molecule has 1 aliphatic carbocycles. The number of benzene rings is 1. The number of rotatable bonds is 3. The summed E-state index contributed by atoms with van der Waals surface area (Å²) in [6.07, 6.45) is 7.39. The van der Waals surface area contributed by atoms with E-state index >= 15 is 0 Å². The average Bonchev–Trinajstić information content (AvgIpc) is 2.93. The molecule has 0 aromatic heterocycles. The molecule has 1 aromatic carbocycles. The van der Waals surface area contributed by atoms with Crippen molar-refractivity contribution < 1.29 is 4.74 Å². The zero-order valence-electron chi connectivity index (χ0n) is 11.9. The minimum Gasteiger partial charge on any atom is -0.375 e. The highest BCUT2D eigenvalue weighted by Crippen LogP contribution is 2.39. The molecular formula is C17H22N2O. The van der Waals surface area contributed by atoms with E-state index in [2.05, 4.69) is 11.4 Å². The Labute approximate surface area is 120 Å². The van der Waals surface area contributed by atoms with Crippen LogP contribution in [0, 0.1) is 11.3 Å². The average molecular weight is 270 g/mol. The van der Waals surface area contributed by atoms with Crippen LogP contribution in [-0.2, 0) is 11.3 Å². The third-order valence-corrected chi connectivity index (χ3v) is 4.69. The van der Waals surface area contributed by atoms with E-state index < -0.39 is 0 Å². The zero-order valence-corrected chi connectivity index (χ0v) is 11.9. The summed E-state index contributed by atoms with van der Waals surface area (Å²) in [5.74, 6) is 0. The first-order chi connectivity index (χ1) is 9.80. The summed E-state index contributed by atoms with van der Waals surface area (Å²) in [6, 6.07) is 10.6. The van der Waals surface area contributed by atoms with Gasteiger partial charge >= 0.3 is 0 Å². The molecular weight excluding hydrogens is 248 g/mol. The summed E-state index contributed by atoms with van der Waals surface area (Å²) in [7, 11) is 0. The lowest BCUT2D eigenvalue weighted by Crippen LogP contribution is -2.45. The van der Waals surface area contributed by atoms with Crippen LogP contribution < -0.4 is 5.32 Å². The topological polar surface area (TPSA) is 45.0 Å². The molecule has 0 radical (unpaired) electrons. The van der Waals surface area contributed by atoms with Crippen molar-refractivity contribution in [2.24, 2.45) is 0 Å². The van der Waals surface area contributed by atoms with Crippen molar-refractivity contribution in [2.45, 2.75) is 56.7 Å². The first kappa shape index (κ1) is 13.6. The van der Waals surface area contributed by atoms with Crippen LogP contribution in [-0.4, -0.2) is 18.2 Å². The van der Waals surface area contributed by atoms with Gasteiger partial charge in [0.2, 0.25) is 0 Å². The summed E-state index contributed by atoms with van der Waals surface area (Å²) in [6.45, 7) is 1.78. The van der Waals surface area contributed by atoms with Crippen LogP contribution in [0.25, 0.3) is 0 Å². The van der Waals surface area contributed by atoms with Gasteiger partial charge in [0.05, 0.1) is 17.2 Å². The lowest BCUT2D eigenvalue weighted by Gasteiger charge is -2.38. The fourth-order valence-corrected chi connectivity index (χ4v) is 3.53. The zero-order chi connectivity index (χ0) is 13.8. The smallest absolute Gasteiger partial charge is 0.0991 e. The van der Waals surface area contributed by atoms with Gasteiger partial charge in [0.25, 0.3) is 0 Å². The van der Waals surface area contributed by atoms with Gasteiger partial charge < -0.3 is 10.1 Å². The van der Waals surface area contributed by atoms with Crippen molar-refractivity contribution in [3.8, 4) is 6.07 Å². The highest BCUT2D eigenvalue weighted by Gasteiger charge is 2.39. The van der Waals surface area contributed by atoms with Crippen molar-refractivity contribution in [1.29, 1.82) is 5.26 Å². The van der Waals surface area contributed by atoms with Gasteiger partial charge in [-0.05, 0) is 43.4 Å². The van der Waals surface area contributed by atoms with Crippen LogP contribution in [0.2, 0.25) is 0 Å². The Hall–Kier alpha value is -1.37. The van der Waals surface area contributed by atoms with Gasteiger partial charge in [0.1, 0.15) is 0 Å². The SMILES string of the molecule is N#Cc1ccc(CNC2CCOC3(CCCC3)C2)cc1. The number of nitrogens with one attached hydrogen (secondary N) is 1. The summed E-state index contributed by atoms with van der Waals surface area (Å²) < 4.78 is 6.06. The molecule has 1 saturated heterocycles.